The Morgan fingerprint density at radius 2 is 1.76 bits per heavy atom. The van der Waals surface area contributed by atoms with E-state index in [9.17, 15) is 18.0 Å². The minimum atomic E-state index is -4.21. The number of hydrogen-bond donors (Lipinski definition) is 2. The van der Waals surface area contributed by atoms with Gasteiger partial charge in [0.1, 0.15) is 12.6 Å². The monoisotopic (exact) mass is 479 g/mol. The van der Waals surface area contributed by atoms with Crippen molar-refractivity contribution in [1.82, 2.24) is 20.4 Å². The molecular weight excluding hydrogens is 450 g/mol. The molecule has 1 heterocycles. The second kappa shape index (κ2) is 11.8. The van der Waals surface area contributed by atoms with Crippen molar-refractivity contribution in [1.29, 1.82) is 0 Å². The Labute approximate surface area is 164 Å². The number of rotatable bonds is 6. The van der Waals surface area contributed by atoms with Crippen molar-refractivity contribution in [3.63, 3.8) is 0 Å². The summed E-state index contributed by atoms with van der Waals surface area (Å²) in [6, 6.07) is -1.45. The quantitative estimate of drug-likeness (QED) is 0.346. The normalized spacial score (nSPS) is 17.7. The lowest BCUT2D eigenvalue weighted by molar-refractivity contribution is -0.181. The van der Waals surface area contributed by atoms with Crippen LogP contribution in [0.4, 0.5) is 13.2 Å². The van der Waals surface area contributed by atoms with Crippen LogP contribution >= 0.6 is 24.0 Å². The third-order valence-electron chi connectivity index (χ3n) is 3.91. The molecule has 1 aliphatic heterocycles. The van der Waals surface area contributed by atoms with Crippen molar-refractivity contribution in [3.05, 3.63) is 0 Å². The van der Waals surface area contributed by atoms with Crippen LogP contribution < -0.4 is 10.6 Å². The summed E-state index contributed by atoms with van der Waals surface area (Å²) < 4.78 is 38.4. The van der Waals surface area contributed by atoms with E-state index in [0.29, 0.717) is 45.2 Å². The van der Waals surface area contributed by atoms with Gasteiger partial charge in [0.05, 0.1) is 0 Å². The molecule has 0 aromatic rings. The standard InChI is InChI=1S/C15H28F3N5O.HI/c1-4-6-20-13(24)11-21-14(19-5-2)23-9-7-22(8-10-23)12(3)15(16,17)18;/h12H,4-11H2,1-3H3,(H,19,21)(H,20,24);1H. The number of piperazine rings is 1. The van der Waals surface area contributed by atoms with Gasteiger partial charge in [0.2, 0.25) is 5.91 Å². The van der Waals surface area contributed by atoms with E-state index in [0.717, 1.165) is 6.42 Å². The third kappa shape index (κ3) is 8.43. The Balaban J connectivity index is 0.00000576. The van der Waals surface area contributed by atoms with Crippen molar-refractivity contribution in [2.45, 2.75) is 39.4 Å². The van der Waals surface area contributed by atoms with E-state index in [1.807, 2.05) is 18.7 Å². The maximum absolute atomic E-state index is 12.8. The molecule has 1 amide bonds. The van der Waals surface area contributed by atoms with E-state index in [-0.39, 0.29) is 36.4 Å². The van der Waals surface area contributed by atoms with Crippen LogP contribution in [0.5, 0.6) is 0 Å². The summed E-state index contributed by atoms with van der Waals surface area (Å²) in [5.74, 6) is 0.417. The highest BCUT2D eigenvalue weighted by Crippen LogP contribution is 2.25. The first kappa shape index (κ1) is 24.2. The molecule has 1 atom stereocenters. The van der Waals surface area contributed by atoms with E-state index in [2.05, 4.69) is 15.6 Å². The Kier molecular flexibility index (Phi) is 11.4. The predicted octanol–water partition coefficient (Wildman–Crippen LogP) is 1.66. The van der Waals surface area contributed by atoms with Gasteiger partial charge in [0.25, 0.3) is 0 Å². The van der Waals surface area contributed by atoms with E-state index in [4.69, 9.17) is 0 Å². The first-order chi connectivity index (χ1) is 11.3. The van der Waals surface area contributed by atoms with Crippen LogP contribution in [-0.4, -0.2) is 79.7 Å². The van der Waals surface area contributed by atoms with Crippen molar-refractivity contribution in [3.8, 4) is 0 Å². The van der Waals surface area contributed by atoms with Crippen molar-refractivity contribution >= 4 is 35.8 Å². The SMILES string of the molecule is CCCNC(=O)CN=C(NCC)N1CCN(C(C)C(F)(F)F)CC1.I. The second-order valence-corrected chi connectivity index (χ2v) is 5.76. The molecule has 1 rings (SSSR count). The largest absolute Gasteiger partial charge is 0.403 e. The average molecular weight is 479 g/mol. The van der Waals surface area contributed by atoms with Gasteiger partial charge in [-0.05, 0) is 20.3 Å². The van der Waals surface area contributed by atoms with Gasteiger partial charge in [-0.3, -0.25) is 9.69 Å². The number of amides is 1. The molecule has 0 aromatic carbocycles. The maximum Gasteiger partial charge on any atom is 0.403 e. The van der Waals surface area contributed by atoms with E-state index in [1.165, 1.54) is 11.8 Å². The number of carbonyl (C=O) groups excluding carboxylic acids is 1. The molecule has 0 aliphatic carbocycles. The number of alkyl halides is 3. The summed E-state index contributed by atoms with van der Waals surface area (Å²) in [7, 11) is 0. The van der Waals surface area contributed by atoms with Crippen LogP contribution in [0.2, 0.25) is 0 Å². The van der Waals surface area contributed by atoms with Crippen molar-refractivity contribution < 1.29 is 18.0 Å². The predicted molar refractivity (Wildman–Crippen MR) is 103 cm³/mol. The van der Waals surface area contributed by atoms with Crippen LogP contribution in [-0.2, 0) is 4.79 Å². The van der Waals surface area contributed by atoms with E-state index < -0.39 is 12.2 Å². The highest BCUT2D eigenvalue weighted by atomic mass is 127. The first-order valence-electron chi connectivity index (χ1n) is 8.40. The van der Waals surface area contributed by atoms with Gasteiger partial charge in [0, 0.05) is 39.3 Å². The smallest absolute Gasteiger partial charge is 0.357 e. The van der Waals surface area contributed by atoms with Crippen LogP contribution in [0.25, 0.3) is 0 Å². The van der Waals surface area contributed by atoms with Gasteiger partial charge in [-0.15, -0.1) is 24.0 Å². The van der Waals surface area contributed by atoms with Crippen LogP contribution in [0, 0.1) is 0 Å². The van der Waals surface area contributed by atoms with Gasteiger partial charge in [-0.1, -0.05) is 6.92 Å². The lowest BCUT2D eigenvalue weighted by Crippen LogP contribution is -2.56. The zero-order valence-corrected chi connectivity index (χ0v) is 17.4. The third-order valence-corrected chi connectivity index (χ3v) is 3.91. The summed E-state index contributed by atoms with van der Waals surface area (Å²) >= 11 is 0. The fraction of sp³-hybridized carbons (Fsp3) is 0.867. The van der Waals surface area contributed by atoms with Crippen LogP contribution in [0.15, 0.2) is 4.99 Å². The molecule has 148 valence electrons. The van der Waals surface area contributed by atoms with Crippen LogP contribution in [0.3, 0.4) is 0 Å². The summed E-state index contributed by atoms with van der Waals surface area (Å²) in [5, 5.41) is 5.84. The average Bonchev–Trinajstić information content (AvgIpc) is 2.55. The zero-order valence-electron chi connectivity index (χ0n) is 15.0. The van der Waals surface area contributed by atoms with Gasteiger partial charge in [0.15, 0.2) is 5.96 Å². The Morgan fingerprint density at radius 3 is 2.24 bits per heavy atom. The zero-order chi connectivity index (χ0) is 18.2. The fourth-order valence-electron chi connectivity index (χ4n) is 2.42. The molecule has 0 saturated carbocycles. The fourth-order valence-corrected chi connectivity index (χ4v) is 2.42. The lowest BCUT2D eigenvalue weighted by atomic mass is 10.2. The summed E-state index contributed by atoms with van der Waals surface area (Å²) in [4.78, 5) is 19.3. The molecule has 0 radical (unpaired) electrons. The Hall–Kier alpha value is -0.780. The molecule has 10 heteroatoms. The molecule has 25 heavy (non-hydrogen) atoms. The van der Waals surface area contributed by atoms with Gasteiger partial charge >= 0.3 is 6.18 Å². The van der Waals surface area contributed by atoms with Gasteiger partial charge in [-0.25, -0.2) is 4.99 Å². The van der Waals surface area contributed by atoms with Gasteiger partial charge in [-0.2, -0.15) is 13.2 Å². The molecule has 0 spiro atoms. The second-order valence-electron chi connectivity index (χ2n) is 5.76. The van der Waals surface area contributed by atoms with Crippen molar-refractivity contribution in [2.75, 3.05) is 45.8 Å². The molecule has 1 unspecified atom stereocenters. The molecule has 0 aromatic heterocycles. The molecule has 1 aliphatic rings. The summed E-state index contributed by atoms with van der Waals surface area (Å²) in [5.41, 5.74) is 0. The molecule has 1 saturated heterocycles. The van der Waals surface area contributed by atoms with Crippen molar-refractivity contribution in [2.24, 2.45) is 4.99 Å². The number of aliphatic imine (C=N–C) groups is 1. The number of carbonyl (C=O) groups is 1. The number of guanidine groups is 1. The lowest BCUT2D eigenvalue weighted by Gasteiger charge is -2.39. The van der Waals surface area contributed by atoms with Crippen LogP contribution in [0.1, 0.15) is 27.2 Å². The molecule has 2 N–H and O–H groups in total. The molecule has 0 bridgehead atoms. The number of nitrogens with zero attached hydrogens (tertiary/aromatic N) is 3. The minimum absolute atomic E-state index is 0. The first-order valence-corrected chi connectivity index (χ1v) is 8.40. The molecule has 6 nitrogen and oxygen atoms in total. The van der Waals surface area contributed by atoms with E-state index >= 15 is 0 Å². The number of hydrogen-bond acceptors (Lipinski definition) is 3. The Bertz CT molecular complexity index is 426. The van der Waals surface area contributed by atoms with E-state index in [1.54, 1.807) is 0 Å². The molecule has 1 fully saturated rings. The van der Waals surface area contributed by atoms with Gasteiger partial charge < -0.3 is 15.5 Å². The number of nitrogens with one attached hydrogen (secondary N) is 2. The molecular formula is C15H29F3IN5O. The highest BCUT2D eigenvalue weighted by Gasteiger charge is 2.41. The topological polar surface area (TPSA) is 60.0 Å². The highest BCUT2D eigenvalue weighted by molar-refractivity contribution is 14.0. The summed E-state index contributed by atoms with van der Waals surface area (Å²) in [6.45, 7) is 7.84. The Morgan fingerprint density at radius 1 is 1.16 bits per heavy atom. The number of halogens is 4. The maximum atomic E-state index is 12.8. The minimum Gasteiger partial charge on any atom is -0.357 e. The summed E-state index contributed by atoms with van der Waals surface area (Å²) in [6.07, 6.45) is -3.35.